The van der Waals surface area contributed by atoms with E-state index in [1.165, 1.54) is 23.1 Å². The number of nitrogens with one attached hydrogen (secondary N) is 1. The first-order valence-corrected chi connectivity index (χ1v) is 10.7. The van der Waals surface area contributed by atoms with Gasteiger partial charge in [-0.25, -0.2) is 0 Å². The number of hydrogen-bond acceptors (Lipinski definition) is 7. The van der Waals surface area contributed by atoms with Crippen LogP contribution in [0, 0.1) is 11.3 Å². The van der Waals surface area contributed by atoms with E-state index >= 15 is 0 Å². The Morgan fingerprint density at radius 2 is 2.30 bits per heavy atom. The molecule has 0 bridgehead atoms. The van der Waals surface area contributed by atoms with Crippen LogP contribution in [0.5, 0.6) is 0 Å². The first-order valence-electron chi connectivity index (χ1n) is 9.03. The quantitative estimate of drug-likeness (QED) is 0.561. The van der Waals surface area contributed by atoms with Crippen molar-refractivity contribution >= 4 is 34.0 Å². The van der Waals surface area contributed by atoms with E-state index in [-0.39, 0.29) is 11.2 Å². The molecule has 2 aromatic rings. The predicted molar refractivity (Wildman–Crippen MR) is 106 cm³/mol. The second-order valence-corrected chi connectivity index (χ2v) is 8.84. The smallest absolute Gasteiger partial charge is 0.238 e. The van der Waals surface area contributed by atoms with Gasteiger partial charge in [0.1, 0.15) is 17.4 Å². The third-order valence-corrected chi connectivity index (χ3v) is 6.84. The molecule has 2 heterocycles. The van der Waals surface area contributed by atoms with E-state index in [1.54, 1.807) is 24.8 Å². The fourth-order valence-corrected chi connectivity index (χ4v) is 5.15. The topological polar surface area (TPSA) is 92.8 Å². The van der Waals surface area contributed by atoms with Crippen molar-refractivity contribution in [2.24, 2.45) is 0 Å². The molecule has 0 spiro atoms. The Kier molecular flexibility index (Phi) is 6.88. The minimum absolute atomic E-state index is 0.130. The molecule has 1 N–H and O–H groups in total. The molecule has 1 unspecified atom stereocenters. The van der Waals surface area contributed by atoms with E-state index in [0.29, 0.717) is 28.9 Å². The van der Waals surface area contributed by atoms with Gasteiger partial charge in [0.25, 0.3) is 0 Å². The first-order chi connectivity index (χ1) is 13.1. The summed E-state index contributed by atoms with van der Waals surface area (Å²) in [5.74, 6) is -0.130. The van der Waals surface area contributed by atoms with Gasteiger partial charge >= 0.3 is 0 Å². The lowest BCUT2D eigenvalue weighted by Crippen LogP contribution is -2.23. The minimum Gasteiger partial charge on any atom is -0.383 e. The third kappa shape index (κ3) is 4.69. The van der Waals surface area contributed by atoms with Crippen LogP contribution in [0.4, 0.5) is 5.00 Å². The molecule has 0 aliphatic heterocycles. The number of carbonyl (C=O) groups excluding carboxylic acids is 1. The van der Waals surface area contributed by atoms with Gasteiger partial charge in [-0.05, 0) is 38.2 Å². The van der Waals surface area contributed by atoms with Crippen molar-refractivity contribution in [3.8, 4) is 6.07 Å². The number of nitrogens with zero attached hydrogens (tertiary/aromatic N) is 4. The zero-order valence-electron chi connectivity index (χ0n) is 15.5. The van der Waals surface area contributed by atoms with Crippen LogP contribution in [0.25, 0.3) is 0 Å². The van der Waals surface area contributed by atoms with Crippen LogP contribution < -0.4 is 5.32 Å². The van der Waals surface area contributed by atoms with E-state index in [9.17, 15) is 10.1 Å². The number of hydrogen-bond donors (Lipinski definition) is 1. The Labute approximate surface area is 167 Å². The highest BCUT2D eigenvalue weighted by Gasteiger charge is 2.24. The molecule has 9 heteroatoms. The number of ether oxygens (including phenoxy) is 1. The lowest BCUT2D eigenvalue weighted by Gasteiger charge is -2.12. The maximum Gasteiger partial charge on any atom is 0.238 e. The largest absolute Gasteiger partial charge is 0.383 e. The molecular weight excluding hydrogens is 382 g/mol. The van der Waals surface area contributed by atoms with E-state index in [0.717, 1.165) is 31.2 Å². The highest BCUT2D eigenvalue weighted by Crippen LogP contribution is 2.37. The number of thiophene rings is 1. The van der Waals surface area contributed by atoms with Crippen LogP contribution in [0.1, 0.15) is 42.2 Å². The normalized spacial score (nSPS) is 14.9. The summed E-state index contributed by atoms with van der Waals surface area (Å²) in [4.78, 5) is 13.9. The van der Waals surface area contributed by atoms with Gasteiger partial charge in [0, 0.05) is 18.5 Å². The number of amides is 1. The lowest BCUT2D eigenvalue weighted by molar-refractivity contribution is -0.115. The number of anilines is 1. The van der Waals surface area contributed by atoms with Gasteiger partial charge in [-0.1, -0.05) is 18.2 Å². The number of aryl methyl sites for hydroxylation is 1. The Morgan fingerprint density at radius 3 is 3.07 bits per heavy atom. The Morgan fingerprint density at radius 1 is 1.48 bits per heavy atom. The number of aromatic nitrogens is 3. The summed E-state index contributed by atoms with van der Waals surface area (Å²) in [5, 5.41) is 21.6. The highest BCUT2D eigenvalue weighted by atomic mass is 32.2. The van der Waals surface area contributed by atoms with E-state index < -0.39 is 0 Å². The molecule has 0 saturated heterocycles. The van der Waals surface area contributed by atoms with Crippen LogP contribution in [0.15, 0.2) is 11.5 Å². The lowest BCUT2D eigenvalue weighted by atomic mass is 10.1. The molecule has 0 aromatic carbocycles. The molecule has 1 aliphatic carbocycles. The summed E-state index contributed by atoms with van der Waals surface area (Å²) in [6.45, 7) is 3.02. The molecule has 0 fully saturated rings. The van der Waals surface area contributed by atoms with Crippen LogP contribution >= 0.6 is 23.1 Å². The number of rotatable bonds is 7. The SMILES string of the molecule is COCCn1cnnc1SC(C)C(=O)Nc1sc2c(c1C#N)CCCCC2. The number of carbonyl (C=O) groups is 1. The molecule has 1 aliphatic rings. The van der Waals surface area contributed by atoms with Gasteiger partial charge in [-0.2, -0.15) is 5.26 Å². The fraction of sp³-hybridized carbons (Fsp3) is 0.556. The van der Waals surface area contributed by atoms with Gasteiger partial charge in [-0.3, -0.25) is 4.79 Å². The van der Waals surface area contributed by atoms with Crippen LogP contribution in [0.2, 0.25) is 0 Å². The molecule has 0 radical (unpaired) electrons. The predicted octanol–water partition coefficient (Wildman–Crippen LogP) is 3.25. The van der Waals surface area contributed by atoms with Crippen molar-refractivity contribution < 1.29 is 9.53 Å². The van der Waals surface area contributed by atoms with Crippen molar-refractivity contribution in [3.05, 3.63) is 22.3 Å². The van der Waals surface area contributed by atoms with E-state index in [4.69, 9.17) is 4.74 Å². The molecule has 0 saturated carbocycles. The third-order valence-electron chi connectivity index (χ3n) is 4.54. The molecular formula is C18H23N5O2S2. The molecule has 7 nitrogen and oxygen atoms in total. The average Bonchev–Trinajstić information content (AvgIpc) is 3.16. The summed E-state index contributed by atoms with van der Waals surface area (Å²) in [6, 6.07) is 2.30. The van der Waals surface area contributed by atoms with Gasteiger partial charge in [0.05, 0.1) is 17.4 Å². The molecule has 3 rings (SSSR count). The second-order valence-electron chi connectivity index (χ2n) is 6.43. The van der Waals surface area contributed by atoms with E-state index in [2.05, 4.69) is 21.6 Å². The zero-order chi connectivity index (χ0) is 19.2. The standard InChI is InChI=1S/C18H23N5O2S2/c1-12(26-18-22-20-11-23(18)8-9-25-2)16(24)21-17-14(10-19)13-6-4-3-5-7-15(13)27-17/h11-12H,3-9H2,1-2H3,(H,21,24). The minimum atomic E-state index is -0.357. The molecule has 144 valence electrons. The zero-order valence-corrected chi connectivity index (χ0v) is 17.2. The van der Waals surface area contributed by atoms with Gasteiger partial charge in [0.2, 0.25) is 5.91 Å². The van der Waals surface area contributed by atoms with Gasteiger partial charge in [-0.15, -0.1) is 21.5 Å². The summed E-state index contributed by atoms with van der Waals surface area (Å²) < 4.78 is 6.95. The maximum absolute atomic E-state index is 12.7. The number of nitriles is 1. The van der Waals surface area contributed by atoms with Crippen LogP contribution in [0.3, 0.4) is 0 Å². The van der Waals surface area contributed by atoms with Crippen LogP contribution in [-0.2, 0) is 28.9 Å². The summed E-state index contributed by atoms with van der Waals surface area (Å²) >= 11 is 2.90. The molecule has 1 amide bonds. The number of fused-ring (bicyclic) bond motifs is 1. The number of methoxy groups -OCH3 is 1. The van der Waals surface area contributed by atoms with Crippen LogP contribution in [-0.4, -0.2) is 39.6 Å². The Balaban J connectivity index is 1.69. The monoisotopic (exact) mass is 405 g/mol. The van der Waals surface area contributed by atoms with Crippen molar-refractivity contribution in [3.63, 3.8) is 0 Å². The summed E-state index contributed by atoms with van der Waals surface area (Å²) in [5.41, 5.74) is 1.78. The van der Waals surface area contributed by atoms with Crippen molar-refractivity contribution in [1.29, 1.82) is 5.26 Å². The average molecular weight is 406 g/mol. The summed E-state index contributed by atoms with van der Waals surface area (Å²) in [7, 11) is 1.64. The molecule has 27 heavy (non-hydrogen) atoms. The van der Waals surface area contributed by atoms with Gasteiger partial charge < -0.3 is 14.6 Å². The fourth-order valence-electron chi connectivity index (χ4n) is 3.05. The molecule has 1 atom stereocenters. The second kappa shape index (κ2) is 9.35. The van der Waals surface area contributed by atoms with Crippen molar-refractivity contribution in [1.82, 2.24) is 14.8 Å². The molecule has 2 aromatic heterocycles. The number of thioether (sulfide) groups is 1. The first kappa shape index (κ1) is 19.9. The van der Waals surface area contributed by atoms with Crippen molar-refractivity contribution in [2.75, 3.05) is 19.0 Å². The Hall–Kier alpha value is -1.89. The van der Waals surface area contributed by atoms with E-state index in [1.807, 2.05) is 11.5 Å². The summed E-state index contributed by atoms with van der Waals surface area (Å²) in [6.07, 6.45) is 7.01. The maximum atomic E-state index is 12.7. The van der Waals surface area contributed by atoms with Gasteiger partial charge in [0.15, 0.2) is 5.16 Å². The highest BCUT2D eigenvalue weighted by molar-refractivity contribution is 8.00. The van der Waals surface area contributed by atoms with Crippen molar-refractivity contribution in [2.45, 2.75) is 56.0 Å². The Bertz CT molecular complexity index is 839.